The fraction of sp³-hybridized carbons (Fsp3) is 0.895. The van der Waals surface area contributed by atoms with Crippen LogP contribution in [0.15, 0.2) is 11.6 Å². The van der Waals surface area contributed by atoms with Gasteiger partial charge in [-0.05, 0) is 88.0 Å². The molecule has 2 saturated carbocycles. The third-order valence-electron chi connectivity index (χ3n) is 7.69. The predicted molar refractivity (Wildman–Crippen MR) is 86.0 cm³/mol. The zero-order valence-electron chi connectivity index (χ0n) is 13.7. The topological polar surface area (TPSA) is 32.3 Å². The van der Waals surface area contributed by atoms with Gasteiger partial charge < -0.3 is 10.4 Å². The highest BCUT2D eigenvalue weighted by Gasteiger charge is 2.54. The van der Waals surface area contributed by atoms with Gasteiger partial charge in [-0.3, -0.25) is 0 Å². The Morgan fingerprint density at radius 2 is 2.00 bits per heavy atom. The van der Waals surface area contributed by atoms with Crippen molar-refractivity contribution in [2.24, 2.45) is 23.2 Å². The van der Waals surface area contributed by atoms with Crippen molar-refractivity contribution in [3.63, 3.8) is 0 Å². The van der Waals surface area contributed by atoms with Gasteiger partial charge in [0.2, 0.25) is 0 Å². The SMILES string of the molecule is C[C@@]12CC[C@H]3[C@@H](CC=C4C[C@@H](O)CC[C@@]43C)[C@H]1CCCN2. The second kappa shape index (κ2) is 4.83. The summed E-state index contributed by atoms with van der Waals surface area (Å²) in [6.45, 7) is 6.22. The van der Waals surface area contributed by atoms with E-state index in [0.29, 0.717) is 11.0 Å². The first-order valence-corrected chi connectivity index (χ1v) is 9.15. The molecular weight excluding hydrogens is 258 g/mol. The van der Waals surface area contributed by atoms with Gasteiger partial charge in [0, 0.05) is 5.54 Å². The van der Waals surface area contributed by atoms with E-state index in [0.717, 1.165) is 30.6 Å². The number of hydrogen-bond donors (Lipinski definition) is 2. The van der Waals surface area contributed by atoms with E-state index >= 15 is 0 Å². The second-order valence-electron chi connectivity index (χ2n) is 8.68. The van der Waals surface area contributed by atoms with Gasteiger partial charge >= 0.3 is 0 Å². The molecular formula is C19H31NO. The van der Waals surface area contributed by atoms with E-state index < -0.39 is 0 Å². The van der Waals surface area contributed by atoms with Crippen LogP contribution in [-0.4, -0.2) is 23.3 Å². The van der Waals surface area contributed by atoms with Crippen molar-refractivity contribution >= 4 is 0 Å². The summed E-state index contributed by atoms with van der Waals surface area (Å²) in [5.74, 6) is 2.61. The Bertz CT molecular complexity index is 458. The molecule has 3 aliphatic carbocycles. The van der Waals surface area contributed by atoms with Gasteiger partial charge in [0.1, 0.15) is 0 Å². The van der Waals surface area contributed by atoms with Crippen LogP contribution in [0.4, 0.5) is 0 Å². The molecule has 1 heterocycles. The van der Waals surface area contributed by atoms with Crippen LogP contribution in [0.25, 0.3) is 0 Å². The maximum Gasteiger partial charge on any atom is 0.0577 e. The summed E-state index contributed by atoms with van der Waals surface area (Å²) < 4.78 is 0. The molecule has 2 nitrogen and oxygen atoms in total. The largest absolute Gasteiger partial charge is 0.393 e. The molecule has 3 fully saturated rings. The molecule has 1 saturated heterocycles. The lowest BCUT2D eigenvalue weighted by molar-refractivity contribution is -0.0423. The Morgan fingerprint density at radius 1 is 1.14 bits per heavy atom. The minimum atomic E-state index is -0.0777. The van der Waals surface area contributed by atoms with Crippen molar-refractivity contribution < 1.29 is 5.11 Å². The molecule has 21 heavy (non-hydrogen) atoms. The summed E-state index contributed by atoms with van der Waals surface area (Å²) in [6.07, 6.45) is 12.4. The van der Waals surface area contributed by atoms with Gasteiger partial charge in [-0.1, -0.05) is 18.6 Å². The molecule has 118 valence electrons. The Kier molecular flexibility index (Phi) is 3.28. The van der Waals surface area contributed by atoms with Crippen molar-refractivity contribution in [2.75, 3.05) is 6.54 Å². The van der Waals surface area contributed by atoms with Crippen molar-refractivity contribution in [1.29, 1.82) is 0 Å². The number of hydrogen-bond acceptors (Lipinski definition) is 2. The Morgan fingerprint density at radius 3 is 2.86 bits per heavy atom. The van der Waals surface area contributed by atoms with E-state index in [1.54, 1.807) is 5.57 Å². The van der Waals surface area contributed by atoms with E-state index in [4.69, 9.17) is 0 Å². The van der Waals surface area contributed by atoms with Crippen LogP contribution < -0.4 is 5.32 Å². The van der Waals surface area contributed by atoms with Crippen molar-refractivity contribution in [2.45, 2.75) is 76.9 Å². The summed E-state index contributed by atoms with van der Waals surface area (Å²) in [7, 11) is 0. The molecule has 2 heteroatoms. The Labute approximate surface area is 129 Å². The normalized spacial score (nSPS) is 53.2. The first-order valence-electron chi connectivity index (χ1n) is 9.15. The van der Waals surface area contributed by atoms with E-state index in [-0.39, 0.29) is 6.10 Å². The van der Waals surface area contributed by atoms with Crippen molar-refractivity contribution in [1.82, 2.24) is 5.32 Å². The molecule has 0 amide bonds. The number of nitrogens with one attached hydrogen (secondary N) is 1. The standard InChI is InChI=1S/C19H31NO/c1-18-9-7-14(21)12-13(18)5-6-15-16(18)8-10-19(2)17(15)4-3-11-20-19/h5,14-17,20-21H,3-4,6-12H2,1-2H3/t14-,15+,16-,17+,18-,19+/m0/s1. The summed E-state index contributed by atoms with van der Waals surface area (Å²) >= 11 is 0. The number of aliphatic hydroxyl groups excluding tert-OH is 1. The number of rotatable bonds is 0. The monoisotopic (exact) mass is 289 g/mol. The molecule has 4 aliphatic rings. The third kappa shape index (κ3) is 2.05. The highest BCUT2D eigenvalue weighted by atomic mass is 16.3. The van der Waals surface area contributed by atoms with E-state index in [1.165, 1.54) is 45.1 Å². The molecule has 0 spiro atoms. The van der Waals surface area contributed by atoms with Crippen molar-refractivity contribution in [3.05, 3.63) is 11.6 Å². The lowest BCUT2D eigenvalue weighted by atomic mass is 9.48. The summed E-state index contributed by atoms with van der Waals surface area (Å²) in [5, 5.41) is 13.9. The average Bonchev–Trinajstić information content (AvgIpc) is 2.47. The molecule has 0 unspecified atom stereocenters. The summed E-state index contributed by atoms with van der Waals surface area (Å²) in [6, 6.07) is 0. The third-order valence-corrected chi connectivity index (χ3v) is 7.69. The van der Waals surface area contributed by atoms with Crippen LogP contribution in [0, 0.1) is 23.2 Å². The Balaban J connectivity index is 1.66. The summed E-state index contributed by atoms with van der Waals surface area (Å²) in [5.41, 5.74) is 2.38. The van der Waals surface area contributed by atoms with E-state index in [2.05, 4.69) is 25.2 Å². The summed E-state index contributed by atoms with van der Waals surface area (Å²) in [4.78, 5) is 0. The molecule has 1 aliphatic heterocycles. The van der Waals surface area contributed by atoms with E-state index in [9.17, 15) is 5.11 Å². The minimum Gasteiger partial charge on any atom is -0.393 e. The van der Waals surface area contributed by atoms with Crippen LogP contribution in [0.1, 0.15) is 65.2 Å². The smallest absolute Gasteiger partial charge is 0.0577 e. The van der Waals surface area contributed by atoms with Crippen LogP contribution in [0.3, 0.4) is 0 Å². The lowest BCUT2D eigenvalue weighted by Crippen LogP contribution is -2.61. The van der Waals surface area contributed by atoms with Crippen LogP contribution in [0.2, 0.25) is 0 Å². The van der Waals surface area contributed by atoms with Gasteiger partial charge in [0.05, 0.1) is 6.10 Å². The van der Waals surface area contributed by atoms with Gasteiger partial charge in [-0.25, -0.2) is 0 Å². The predicted octanol–water partition coefficient (Wildman–Crippen LogP) is 3.65. The quantitative estimate of drug-likeness (QED) is 0.667. The number of fused-ring (bicyclic) bond motifs is 5. The zero-order chi connectivity index (χ0) is 14.7. The number of allylic oxidation sites excluding steroid dienone is 1. The highest BCUT2D eigenvalue weighted by molar-refractivity contribution is 5.25. The lowest BCUT2D eigenvalue weighted by Gasteiger charge is -2.60. The van der Waals surface area contributed by atoms with E-state index in [1.807, 2.05) is 0 Å². The van der Waals surface area contributed by atoms with Crippen LogP contribution >= 0.6 is 0 Å². The second-order valence-corrected chi connectivity index (χ2v) is 8.68. The maximum absolute atomic E-state index is 10.0. The first-order chi connectivity index (χ1) is 10.0. The minimum absolute atomic E-state index is 0.0777. The average molecular weight is 289 g/mol. The van der Waals surface area contributed by atoms with Crippen LogP contribution in [-0.2, 0) is 0 Å². The maximum atomic E-state index is 10.0. The Hall–Kier alpha value is -0.340. The van der Waals surface area contributed by atoms with Gasteiger partial charge in [-0.2, -0.15) is 0 Å². The van der Waals surface area contributed by atoms with Gasteiger partial charge in [0.25, 0.3) is 0 Å². The van der Waals surface area contributed by atoms with Gasteiger partial charge in [0.15, 0.2) is 0 Å². The molecule has 2 N–H and O–H groups in total. The molecule has 0 aromatic carbocycles. The molecule has 0 aromatic heterocycles. The number of piperidine rings is 1. The molecule has 0 aromatic rings. The van der Waals surface area contributed by atoms with Crippen LogP contribution in [0.5, 0.6) is 0 Å². The van der Waals surface area contributed by atoms with Gasteiger partial charge in [-0.15, -0.1) is 0 Å². The fourth-order valence-electron chi connectivity index (χ4n) is 6.41. The molecule has 4 rings (SSSR count). The molecule has 0 bridgehead atoms. The molecule has 6 atom stereocenters. The number of aliphatic hydroxyl groups is 1. The highest BCUT2D eigenvalue weighted by Crippen LogP contribution is 2.60. The molecule has 0 radical (unpaired) electrons. The van der Waals surface area contributed by atoms with Crippen molar-refractivity contribution in [3.8, 4) is 0 Å². The fourth-order valence-corrected chi connectivity index (χ4v) is 6.41. The first kappa shape index (κ1) is 14.3. The zero-order valence-corrected chi connectivity index (χ0v) is 13.7.